The lowest BCUT2D eigenvalue weighted by atomic mass is 10.1. The molecule has 0 saturated carbocycles. The fourth-order valence-electron chi connectivity index (χ4n) is 2.24. The molecule has 2 rings (SSSR count). The highest BCUT2D eigenvalue weighted by Crippen LogP contribution is 2.30. The standard InChI is InChI=1S/C17H20O6/c1-5-20-16(18)11(4)22-12-7-8-14-13(9-12)15(10(3)23-14)17(19)21-6-2/h7-9,11H,5-6H2,1-4H3. The summed E-state index contributed by atoms with van der Waals surface area (Å²) in [6.07, 6.45) is -0.744. The molecule has 1 heterocycles. The predicted molar refractivity (Wildman–Crippen MR) is 83.6 cm³/mol. The largest absolute Gasteiger partial charge is 0.479 e. The van der Waals surface area contributed by atoms with Gasteiger partial charge in [-0.25, -0.2) is 9.59 Å². The number of fused-ring (bicyclic) bond motifs is 1. The van der Waals surface area contributed by atoms with Gasteiger partial charge in [-0.05, 0) is 45.9 Å². The van der Waals surface area contributed by atoms with Crippen molar-refractivity contribution in [2.45, 2.75) is 33.8 Å². The lowest BCUT2D eigenvalue weighted by Gasteiger charge is -2.13. The third-order valence-electron chi connectivity index (χ3n) is 3.25. The molecule has 0 spiro atoms. The molecule has 124 valence electrons. The number of furan rings is 1. The number of hydrogen-bond acceptors (Lipinski definition) is 6. The number of hydrogen-bond donors (Lipinski definition) is 0. The van der Waals surface area contributed by atoms with Crippen molar-refractivity contribution >= 4 is 22.9 Å². The summed E-state index contributed by atoms with van der Waals surface area (Å²) >= 11 is 0. The topological polar surface area (TPSA) is 75.0 Å². The number of carbonyl (C=O) groups is 2. The highest BCUT2D eigenvalue weighted by Gasteiger charge is 2.21. The molecule has 0 aliphatic carbocycles. The highest BCUT2D eigenvalue weighted by molar-refractivity contribution is 6.04. The Morgan fingerprint density at radius 2 is 1.87 bits per heavy atom. The van der Waals surface area contributed by atoms with Crippen LogP contribution in [0.3, 0.4) is 0 Å². The maximum absolute atomic E-state index is 12.1. The van der Waals surface area contributed by atoms with Gasteiger partial charge in [-0.1, -0.05) is 0 Å². The van der Waals surface area contributed by atoms with Crippen molar-refractivity contribution in [3.8, 4) is 5.75 Å². The van der Waals surface area contributed by atoms with Gasteiger partial charge < -0.3 is 18.6 Å². The Hall–Kier alpha value is -2.50. The maximum atomic E-state index is 12.1. The molecule has 0 radical (unpaired) electrons. The van der Waals surface area contributed by atoms with Crippen LogP contribution in [0.5, 0.6) is 5.75 Å². The molecule has 1 aromatic carbocycles. The number of esters is 2. The molecule has 0 N–H and O–H groups in total. The zero-order valence-electron chi connectivity index (χ0n) is 13.7. The minimum atomic E-state index is -0.744. The van der Waals surface area contributed by atoms with Crippen molar-refractivity contribution in [3.05, 3.63) is 29.5 Å². The van der Waals surface area contributed by atoms with Crippen molar-refractivity contribution in [2.75, 3.05) is 13.2 Å². The van der Waals surface area contributed by atoms with Crippen LogP contribution < -0.4 is 4.74 Å². The molecule has 0 fully saturated rings. The Bertz CT molecular complexity index is 715. The molecular formula is C17H20O6. The average Bonchev–Trinajstić information content (AvgIpc) is 2.83. The number of carbonyl (C=O) groups excluding carboxylic acids is 2. The van der Waals surface area contributed by atoms with Crippen LogP contribution in [0, 0.1) is 6.92 Å². The highest BCUT2D eigenvalue weighted by atomic mass is 16.6. The Morgan fingerprint density at radius 3 is 2.52 bits per heavy atom. The second-order valence-electron chi connectivity index (χ2n) is 4.92. The summed E-state index contributed by atoms with van der Waals surface area (Å²) in [6.45, 7) is 7.35. The van der Waals surface area contributed by atoms with E-state index in [0.29, 0.717) is 34.6 Å². The summed E-state index contributed by atoms with van der Waals surface area (Å²) in [4.78, 5) is 23.7. The first kappa shape index (κ1) is 16.9. The Kier molecular flexibility index (Phi) is 5.26. The zero-order valence-corrected chi connectivity index (χ0v) is 13.7. The van der Waals surface area contributed by atoms with E-state index in [4.69, 9.17) is 18.6 Å². The molecule has 0 aliphatic heterocycles. The predicted octanol–water partition coefficient (Wildman–Crippen LogP) is 3.25. The fourth-order valence-corrected chi connectivity index (χ4v) is 2.24. The van der Waals surface area contributed by atoms with Gasteiger partial charge >= 0.3 is 11.9 Å². The minimum Gasteiger partial charge on any atom is -0.479 e. The average molecular weight is 320 g/mol. The molecule has 0 bridgehead atoms. The molecule has 1 atom stereocenters. The second kappa shape index (κ2) is 7.17. The monoisotopic (exact) mass is 320 g/mol. The molecule has 6 nitrogen and oxygen atoms in total. The van der Waals surface area contributed by atoms with Crippen LogP contribution in [0.25, 0.3) is 11.0 Å². The van der Waals surface area contributed by atoms with Crippen LogP contribution in [0.4, 0.5) is 0 Å². The smallest absolute Gasteiger partial charge is 0.347 e. The zero-order chi connectivity index (χ0) is 17.0. The van der Waals surface area contributed by atoms with Crippen molar-refractivity contribution < 1.29 is 28.2 Å². The van der Waals surface area contributed by atoms with E-state index in [1.165, 1.54) is 0 Å². The number of aryl methyl sites for hydroxylation is 1. The number of rotatable bonds is 6. The van der Waals surface area contributed by atoms with Crippen molar-refractivity contribution in [2.24, 2.45) is 0 Å². The quantitative estimate of drug-likeness (QED) is 0.761. The summed E-state index contributed by atoms with van der Waals surface area (Å²) < 4.78 is 21.1. The summed E-state index contributed by atoms with van der Waals surface area (Å²) in [5, 5.41) is 0.592. The number of benzene rings is 1. The summed E-state index contributed by atoms with van der Waals surface area (Å²) in [5.41, 5.74) is 0.928. The maximum Gasteiger partial charge on any atom is 0.347 e. The van der Waals surface area contributed by atoms with Gasteiger partial charge in [-0.2, -0.15) is 0 Å². The van der Waals surface area contributed by atoms with Gasteiger partial charge in [0, 0.05) is 5.39 Å². The normalized spacial score (nSPS) is 12.0. The first-order chi connectivity index (χ1) is 11.0. The molecule has 6 heteroatoms. The number of ether oxygens (including phenoxy) is 3. The van der Waals surface area contributed by atoms with Crippen molar-refractivity contribution in [1.29, 1.82) is 0 Å². The fraction of sp³-hybridized carbons (Fsp3) is 0.412. The molecule has 0 saturated heterocycles. The van der Waals surface area contributed by atoms with Crippen LogP contribution in [0.15, 0.2) is 22.6 Å². The second-order valence-corrected chi connectivity index (χ2v) is 4.92. The third-order valence-corrected chi connectivity index (χ3v) is 3.25. The van der Waals surface area contributed by atoms with Gasteiger partial charge in [-0.15, -0.1) is 0 Å². The van der Waals surface area contributed by atoms with Gasteiger partial charge in [0.1, 0.15) is 22.7 Å². The van der Waals surface area contributed by atoms with Gasteiger partial charge in [0.2, 0.25) is 0 Å². The minimum absolute atomic E-state index is 0.279. The summed E-state index contributed by atoms with van der Waals surface area (Å²) in [6, 6.07) is 5.03. The Morgan fingerprint density at radius 1 is 1.17 bits per heavy atom. The third kappa shape index (κ3) is 3.64. The van der Waals surface area contributed by atoms with Gasteiger partial charge in [0.15, 0.2) is 6.10 Å². The van der Waals surface area contributed by atoms with E-state index in [1.807, 2.05) is 0 Å². The van der Waals surface area contributed by atoms with E-state index in [1.54, 1.807) is 45.9 Å². The van der Waals surface area contributed by atoms with E-state index in [2.05, 4.69) is 0 Å². The molecule has 1 aromatic heterocycles. The molecule has 23 heavy (non-hydrogen) atoms. The van der Waals surface area contributed by atoms with E-state index in [0.717, 1.165) is 0 Å². The molecule has 0 aliphatic rings. The lowest BCUT2D eigenvalue weighted by molar-refractivity contribution is -0.150. The SMILES string of the molecule is CCOC(=O)c1c(C)oc2ccc(OC(C)C(=O)OCC)cc12. The first-order valence-corrected chi connectivity index (χ1v) is 7.51. The van der Waals surface area contributed by atoms with Crippen molar-refractivity contribution in [3.63, 3.8) is 0 Å². The van der Waals surface area contributed by atoms with Crippen LogP contribution >= 0.6 is 0 Å². The van der Waals surface area contributed by atoms with E-state index in [-0.39, 0.29) is 6.61 Å². The first-order valence-electron chi connectivity index (χ1n) is 7.51. The van der Waals surface area contributed by atoms with Gasteiger partial charge in [0.25, 0.3) is 0 Å². The molecule has 0 amide bonds. The Balaban J connectivity index is 2.32. The van der Waals surface area contributed by atoms with Crippen LogP contribution in [-0.2, 0) is 14.3 Å². The van der Waals surface area contributed by atoms with Crippen LogP contribution in [-0.4, -0.2) is 31.3 Å². The van der Waals surface area contributed by atoms with Crippen molar-refractivity contribution in [1.82, 2.24) is 0 Å². The van der Waals surface area contributed by atoms with Crippen LogP contribution in [0.1, 0.15) is 36.9 Å². The molecule has 1 unspecified atom stereocenters. The Labute approximate surface area is 134 Å². The summed E-state index contributed by atoms with van der Waals surface area (Å²) in [7, 11) is 0. The summed E-state index contributed by atoms with van der Waals surface area (Å²) in [5.74, 6) is 0.0411. The lowest BCUT2D eigenvalue weighted by Crippen LogP contribution is -2.26. The van der Waals surface area contributed by atoms with E-state index >= 15 is 0 Å². The van der Waals surface area contributed by atoms with Gasteiger partial charge in [-0.3, -0.25) is 0 Å². The molecule has 2 aromatic rings. The van der Waals surface area contributed by atoms with E-state index in [9.17, 15) is 9.59 Å². The van der Waals surface area contributed by atoms with Crippen LogP contribution in [0.2, 0.25) is 0 Å². The van der Waals surface area contributed by atoms with E-state index < -0.39 is 18.0 Å². The molecular weight excluding hydrogens is 300 g/mol. The van der Waals surface area contributed by atoms with Gasteiger partial charge in [0.05, 0.1) is 13.2 Å².